The van der Waals surface area contributed by atoms with E-state index in [2.05, 4.69) is 5.32 Å². The standard InChI is InChI=1S/C18H20N2O4S2/c1-25-17-5-3-2-4-16(17)18(21)19-14-6-8-15(9-7-14)26(22,23)20-10-12-24-13-11-20/h2-9H,10-13H2,1H3,(H,19,21). The van der Waals surface area contributed by atoms with Crippen LogP contribution in [0.4, 0.5) is 5.69 Å². The molecule has 0 bridgehead atoms. The fraction of sp³-hybridized carbons (Fsp3) is 0.278. The van der Waals surface area contributed by atoms with E-state index in [-0.39, 0.29) is 10.8 Å². The number of carbonyl (C=O) groups excluding carboxylic acids is 1. The van der Waals surface area contributed by atoms with Gasteiger partial charge in [0, 0.05) is 23.7 Å². The maximum absolute atomic E-state index is 12.6. The fourth-order valence-electron chi connectivity index (χ4n) is 2.68. The van der Waals surface area contributed by atoms with Gasteiger partial charge < -0.3 is 10.1 Å². The molecule has 3 rings (SSSR count). The van der Waals surface area contributed by atoms with Gasteiger partial charge in [0.25, 0.3) is 5.91 Å². The van der Waals surface area contributed by atoms with E-state index in [1.54, 1.807) is 18.2 Å². The second-order valence-corrected chi connectivity index (χ2v) is 8.48. The molecule has 0 saturated carbocycles. The van der Waals surface area contributed by atoms with Crippen molar-refractivity contribution in [3.05, 3.63) is 54.1 Å². The van der Waals surface area contributed by atoms with Crippen LogP contribution in [0.3, 0.4) is 0 Å². The summed E-state index contributed by atoms with van der Waals surface area (Å²) in [6.07, 6.45) is 1.91. The number of rotatable bonds is 5. The smallest absolute Gasteiger partial charge is 0.256 e. The molecule has 2 aromatic carbocycles. The molecule has 6 nitrogen and oxygen atoms in total. The molecule has 1 N–H and O–H groups in total. The number of ether oxygens (including phenoxy) is 1. The van der Waals surface area contributed by atoms with Crippen molar-refractivity contribution in [1.82, 2.24) is 4.31 Å². The maximum atomic E-state index is 12.6. The first kappa shape index (κ1) is 18.9. The SMILES string of the molecule is CSc1ccccc1C(=O)Nc1ccc(S(=O)(=O)N2CCOCC2)cc1. The van der Waals surface area contributed by atoms with Gasteiger partial charge in [-0.2, -0.15) is 4.31 Å². The Morgan fingerprint density at radius 3 is 2.38 bits per heavy atom. The Kier molecular flexibility index (Phi) is 5.98. The molecular weight excluding hydrogens is 372 g/mol. The Bertz CT molecular complexity index is 876. The van der Waals surface area contributed by atoms with E-state index in [1.165, 1.54) is 28.2 Å². The first-order chi connectivity index (χ1) is 12.5. The third kappa shape index (κ3) is 4.09. The normalized spacial score (nSPS) is 15.6. The van der Waals surface area contributed by atoms with Crippen LogP contribution in [0.1, 0.15) is 10.4 Å². The van der Waals surface area contributed by atoms with E-state index < -0.39 is 10.0 Å². The Labute approximate surface area is 157 Å². The summed E-state index contributed by atoms with van der Waals surface area (Å²) < 4.78 is 31.8. The number of hydrogen-bond acceptors (Lipinski definition) is 5. The van der Waals surface area contributed by atoms with Gasteiger partial charge in [0.05, 0.1) is 23.7 Å². The predicted molar refractivity (Wildman–Crippen MR) is 102 cm³/mol. The summed E-state index contributed by atoms with van der Waals surface area (Å²) in [5.41, 5.74) is 1.14. The molecule has 138 valence electrons. The van der Waals surface area contributed by atoms with Crippen molar-refractivity contribution in [2.24, 2.45) is 0 Å². The van der Waals surface area contributed by atoms with Crippen LogP contribution < -0.4 is 5.32 Å². The summed E-state index contributed by atoms with van der Waals surface area (Å²) in [5.74, 6) is -0.223. The summed E-state index contributed by atoms with van der Waals surface area (Å²) in [7, 11) is -3.53. The molecule has 0 radical (unpaired) electrons. The zero-order valence-corrected chi connectivity index (χ0v) is 16.0. The lowest BCUT2D eigenvalue weighted by atomic mass is 10.2. The molecule has 0 atom stereocenters. The zero-order chi connectivity index (χ0) is 18.6. The minimum Gasteiger partial charge on any atom is -0.379 e. The van der Waals surface area contributed by atoms with Crippen molar-refractivity contribution >= 4 is 33.4 Å². The second kappa shape index (κ2) is 8.22. The lowest BCUT2D eigenvalue weighted by molar-refractivity contribution is 0.0730. The molecule has 0 spiro atoms. The van der Waals surface area contributed by atoms with Gasteiger partial charge in [0.15, 0.2) is 0 Å². The summed E-state index contributed by atoms with van der Waals surface area (Å²) in [4.78, 5) is 13.6. The van der Waals surface area contributed by atoms with Gasteiger partial charge in [-0.25, -0.2) is 8.42 Å². The molecule has 0 aromatic heterocycles. The van der Waals surface area contributed by atoms with Crippen LogP contribution in [0, 0.1) is 0 Å². The first-order valence-electron chi connectivity index (χ1n) is 8.15. The number of benzene rings is 2. The van der Waals surface area contributed by atoms with Gasteiger partial charge in [0.2, 0.25) is 10.0 Å². The highest BCUT2D eigenvalue weighted by Gasteiger charge is 2.26. The van der Waals surface area contributed by atoms with Crippen molar-refractivity contribution in [3.63, 3.8) is 0 Å². The molecule has 1 aliphatic rings. The quantitative estimate of drug-likeness (QED) is 0.792. The monoisotopic (exact) mass is 392 g/mol. The van der Waals surface area contributed by atoms with Crippen molar-refractivity contribution in [3.8, 4) is 0 Å². The summed E-state index contributed by atoms with van der Waals surface area (Å²) in [6.45, 7) is 1.52. The highest BCUT2D eigenvalue weighted by Crippen LogP contribution is 2.23. The molecule has 2 aromatic rings. The van der Waals surface area contributed by atoms with E-state index in [4.69, 9.17) is 4.74 Å². The molecule has 26 heavy (non-hydrogen) atoms. The van der Waals surface area contributed by atoms with Gasteiger partial charge >= 0.3 is 0 Å². The summed E-state index contributed by atoms with van der Waals surface area (Å²) >= 11 is 1.50. The highest BCUT2D eigenvalue weighted by molar-refractivity contribution is 7.98. The molecule has 1 heterocycles. The molecule has 0 aliphatic carbocycles. The van der Waals surface area contributed by atoms with Crippen LogP contribution in [0.2, 0.25) is 0 Å². The van der Waals surface area contributed by atoms with E-state index in [1.807, 2.05) is 24.5 Å². The number of hydrogen-bond donors (Lipinski definition) is 1. The molecule has 1 fully saturated rings. The van der Waals surface area contributed by atoms with Gasteiger partial charge in [-0.1, -0.05) is 12.1 Å². The largest absolute Gasteiger partial charge is 0.379 e. The summed E-state index contributed by atoms with van der Waals surface area (Å²) in [5, 5.41) is 2.81. The number of carbonyl (C=O) groups is 1. The summed E-state index contributed by atoms with van der Waals surface area (Å²) in [6, 6.07) is 13.6. The number of morpholine rings is 1. The van der Waals surface area contributed by atoms with E-state index >= 15 is 0 Å². The third-order valence-corrected chi connectivity index (χ3v) is 6.78. The second-order valence-electron chi connectivity index (χ2n) is 5.70. The van der Waals surface area contributed by atoms with E-state index in [9.17, 15) is 13.2 Å². The third-order valence-electron chi connectivity index (χ3n) is 4.07. The molecule has 8 heteroatoms. The Morgan fingerprint density at radius 2 is 1.73 bits per heavy atom. The average molecular weight is 393 g/mol. The van der Waals surface area contributed by atoms with Crippen molar-refractivity contribution < 1.29 is 17.9 Å². The number of amides is 1. The van der Waals surface area contributed by atoms with Crippen molar-refractivity contribution in [1.29, 1.82) is 0 Å². The number of thioether (sulfide) groups is 1. The van der Waals surface area contributed by atoms with E-state index in [0.717, 1.165) is 4.90 Å². The average Bonchev–Trinajstić information content (AvgIpc) is 2.69. The molecular formula is C18H20N2O4S2. The van der Waals surface area contributed by atoms with Gasteiger partial charge in [-0.3, -0.25) is 4.79 Å². The maximum Gasteiger partial charge on any atom is 0.256 e. The molecule has 0 unspecified atom stereocenters. The van der Waals surface area contributed by atoms with Crippen LogP contribution in [-0.4, -0.2) is 51.2 Å². The number of anilines is 1. The van der Waals surface area contributed by atoms with Gasteiger partial charge in [0.1, 0.15) is 0 Å². The predicted octanol–water partition coefficient (Wildman–Crippen LogP) is 2.68. The molecule has 1 amide bonds. The molecule has 1 saturated heterocycles. The topological polar surface area (TPSA) is 75.7 Å². The minimum atomic E-state index is -3.53. The van der Waals surface area contributed by atoms with Crippen LogP contribution in [0.15, 0.2) is 58.3 Å². The lowest BCUT2D eigenvalue weighted by Gasteiger charge is -2.26. The number of nitrogens with one attached hydrogen (secondary N) is 1. The van der Waals surface area contributed by atoms with Crippen molar-refractivity contribution in [2.75, 3.05) is 37.9 Å². The first-order valence-corrected chi connectivity index (χ1v) is 10.8. The highest BCUT2D eigenvalue weighted by atomic mass is 32.2. The minimum absolute atomic E-state index is 0.210. The lowest BCUT2D eigenvalue weighted by Crippen LogP contribution is -2.40. The molecule has 1 aliphatic heterocycles. The zero-order valence-electron chi connectivity index (χ0n) is 14.3. The van der Waals surface area contributed by atoms with Gasteiger partial charge in [-0.15, -0.1) is 11.8 Å². The van der Waals surface area contributed by atoms with Crippen LogP contribution >= 0.6 is 11.8 Å². The number of sulfonamides is 1. The Morgan fingerprint density at radius 1 is 1.08 bits per heavy atom. The van der Waals surface area contributed by atoms with Crippen molar-refractivity contribution in [2.45, 2.75) is 9.79 Å². The van der Waals surface area contributed by atoms with Gasteiger partial charge in [-0.05, 0) is 42.7 Å². The van der Waals surface area contributed by atoms with Crippen LogP contribution in [-0.2, 0) is 14.8 Å². The van der Waals surface area contributed by atoms with Crippen LogP contribution in [0.5, 0.6) is 0 Å². The Hall–Kier alpha value is -1.87. The van der Waals surface area contributed by atoms with E-state index in [0.29, 0.717) is 37.6 Å². The number of nitrogens with zero attached hydrogens (tertiary/aromatic N) is 1. The fourth-order valence-corrected chi connectivity index (χ4v) is 4.68. The van der Waals surface area contributed by atoms with Crippen LogP contribution in [0.25, 0.3) is 0 Å². The Balaban J connectivity index is 1.74.